The Hall–Kier alpha value is -1.70. The Morgan fingerprint density at radius 2 is 2.29 bits per heavy atom. The van der Waals surface area contributed by atoms with Gasteiger partial charge in [-0.15, -0.1) is 10.2 Å². The highest BCUT2D eigenvalue weighted by atomic mass is 32.1. The molecule has 0 spiro atoms. The maximum Gasteiger partial charge on any atom is 0.317 e. The summed E-state index contributed by atoms with van der Waals surface area (Å²) in [7, 11) is 0. The lowest BCUT2D eigenvalue weighted by Gasteiger charge is -2.18. The SMILES string of the molecule is CCN(CC)C(=O)NCc1nn2cnnc2s1. The summed E-state index contributed by atoms with van der Waals surface area (Å²) in [5.74, 6) is 0. The molecule has 0 saturated carbocycles. The van der Waals surface area contributed by atoms with E-state index in [4.69, 9.17) is 0 Å². The average molecular weight is 254 g/mol. The number of amides is 2. The van der Waals surface area contributed by atoms with Gasteiger partial charge in [0.05, 0.1) is 6.54 Å². The molecule has 2 amide bonds. The molecule has 0 aliphatic heterocycles. The first-order valence-electron chi connectivity index (χ1n) is 5.43. The standard InChI is InChI=1S/C9H14N6OS/c1-3-14(4-2)8(16)10-5-7-13-15-6-11-12-9(15)17-7/h6H,3-5H2,1-2H3,(H,10,16). The number of fused-ring (bicyclic) bond motifs is 1. The third-order valence-corrected chi connectivity index (χ3v) is 3.28. The van der Waals surface area contributed by atoms with Crippen LogP contribution in [0, 0.1) is 0 Å². The summed E-state index contributed by atoms with van der Waals surface area (Å²) in [5.41, 5.74) is 0. The zero-order valence-corrected chi connectivity index (χ0v) is 10.6. The van der Waals surface area contributed by atoms with Gasteiger partial charge in [0.2, 0.25) is 4.96 Å². The molecular formula is C9H14N6OS. The summed E-state index contributed by atoms with van der Waals surface area (Å²) < 4.78 is 1.60. The zero-order valence-electron chi connectivity index (χ0n) is 9.75. The predicted octanol–water partition coefficient (Wildman–Crippen LogP) is 0.737. The van der Waals surface area contributed by atoms with E-state index in [1.165, 1.54) is 11.3 Å². The maximum atomic E-state index is 11.7. The van der Waals surface area contributed by atoms with Crippen LogP contribution in [0.2, 0.25) is 0 Å². The average Bonchev–Trinajstić information content (AvgIpc) is 2.88. The molecule has 2 rings (SSSR count). The molecule has 0 unspecified atom stereocenters. The van der Waals surface area contributed by atoms with Crippen LogP contribution < -0.4 is 5.32 Å². The van der Waals surface area contributed by atoms with Crippen LogP contribution in [0.1, 0.15) is 18.9 Å². The number of carbonyl (C=O) groups excluding carboxylic acids is 1. The van der Waals surface area contributed by atoms with Gasteiger partial charge in [-0.2, -0.15) is 9.61 Å². The molecular weight excluding hydrogens is 240 g/mol. The third-order valence-electron chi connectivity index (χ3n) is 2.37. The minimum atomic E-state index is -0.0686. The highest BCUT2D eigenvalue weighted by molar-refractivity contribution is 7.16. The number of aromatic nitrogens is 4. The summed E-state index contributed by atoms with van der Waals surface area (Å²) in [6, 6.07) is -0.0686. The highest BCUT2D eigenvalue weighted by Crippen LogP contribution is 2.10. The Kier molecular flexibility index (Phi) is 3.52. The van der Waals surface area contributed by atoms with Gasteiger partial charge >= 0.3 is 6.03 Å². The number of hydrogen-bond donors (Lipinski definition) is 1. The number of nitrogens with zero attached hydrogens (tertiary/aromatic N) is 5. The van der Waals surface area contributed by atoms with Crippen molar-refractivity contribution in [3.63, 3.8) is 0 Å². The van der Waals surface area contributed by atoms with Gasteiger partial charge in [0, 0.05) is 13.1 Å². The van der Waals surface area contributed by atoms with Crippen molar-refractivity contribution in [2.24, 2.45) is 0 Å². The maximum absolute atomic E-state index is 11.7. The van der Waals surface area contributed by atoms with E-state index in [0.717, 1.165) is 9.97 Å². The monoisotopic (exact) mass is 254 g/mol. The van der Waals surface area contributed by atoms with Gasteiger partial charge in [-0.1, -0.05) is 11.3 Å². The Bertz CT molecular complexity index is 474. The Morgan fingerprint density at radius 1 is 1.53 bits per heavy atom. The van der Waals surface area contributed by atoms with Crippen LogP contribution in [0.15, 0.2) is 6.33 Å². The molecule has 0 saturated heterocycles. The fourth-order valence-electron chi connectivity index (χ4n) is 1.45. The normalized spacial score (nSPS) is 10.7. The summed E-state index contributed by atoms with van der Waals surface area (Å²) in [6.45, 7) is 5.72. The highest BCUT2D eigenvalue weighted by Gasteiger charge is 2.10. The minimum absolute atomic E-state index is 0.0686. The first-order chi connectivity index (χ1) is 8.24. The second-order valence-electron chi connectivity index (χ2n) is 3.38. The Balaban J connectivity index is 1.94. The quantitative estimate of drug-likeness (QED) is 0.873. The lowest BCUT2D eigenvalue weighted by atomic mass is 10.5. The van der Waals surface area contributed by atoms with Gasteiger partial charge < -0.3 is 10.2 Å². The second-order valence-corrected chi connectivity index (χ2v) is 4.43. The molecule has 7 nitrogen and oxygen atoms in total. The van der Waals surface area contributed by atoms with Crippen molar-refractivity contribution in [2.45, 2.75) is 20.4 Å². The number of hydrogen-bond acceptors (Lipinski definition) is 5. The molecule has 0 atom stereocenters. The van der Waals surface area contributed by atoms with Crippen molar-refractivity contribution in [1.82, 2.24) is 30.0 Å². The van der Waals surface area contributed by atoms with Crippen molar-refractivity contribution in [3.05, 3.63) is 11.3 Å². The number of rotatable bonds is 4. The summed E-state index contributed by atoms with van der Waals surface area (Å²) in [5, 5.41) is 15.5. The lowest BCUT2D eigenvalue weighted by Crippen LogP contribution is -2.39. The molecule has 0 radical (unpaired) electrons. The van der Waals surface area contributed by atoms with Gasteiger partial charge in [0.15, 0.2) is 0 Å². The molecule has 0 aromatic carbocycles. The van der Waals surface area contributed by atoms with Crippen LogP contribution in [0.25, 0.3) is 4.96 Å². The number of urea groups is 1. The van der Waals surface area contributed by atoms with E-state index in [0.29, 0.717) is 19.6 Å². The van der Waals surface area contributed by atoms with Gasteiger partial charge in [-0.05, 0) is 13.8 Å². The van der Waals surface area contributed by atoms with Crippen LogP contribution in [0.5, 0.6) is 0 Å². The van der Waals surface area contributed by atoms with Gasteiger partial charge in [-0.3, -0.25) is 0 Å². The van der Waals surface area contributed by atoms with Crippen molar-refractivity contribution in [3.8, 4) is 0 Å². The molecule has 2 aromatic heterocycles. The van der Waals surface area contributed by atoms with E-state index < -0.39 is 0 Å². The van der Waals surface area contributed by atoms with Gasteiger partial charge in [0.1, 0.15) is 11.3 Å². The molecule has 92 valence electrons. The van der Waals surface area contributed by atoms with Gasteiger partial charge in [-0.25, -0.2) is 4.79 Å². The fraction of sp³-hybridized carbons (Fsp3) is 0.556. The van der Waals surface area contributed by atoms with Crippen molar-refractivity contribution in [2.75, 3.05) is 13.1 Å². The smallest absolute Gasteiger partial charge is 0.317 e. The number of nitrogens with one attached hydrogen (secondary N) is 1. The topological polar surface area (TPSA) is 75.4 Å². The molecule has 0 aliphatic rings. The zero-order chi connectivity index (χ0) is 12.3. The van der Waals surface area contributed by atoms with Gasteiger partial charge in [0.25, 0.3) is 0 Å². The van der Waals surface area contributed by atoms with E-state index in [2.05, 4.69) is 20.6 Å². The van der Waals surface area contributed by atoms with Crippen molar-refractivity contribution in [1.29, 1.82) is 0 Å². The second kappa shape index (κ2) is 5.09. The fourth-order valence-corrected chi connectivity index (χ4v) is 2.20. The molecule has 8 heteroatoms. The van der Waals surface area contributed by atoms with Crippen LogP contribution in [0.4, 0.5) is 4.79 Å². The predicted molar refractivity (Wildman–Crippen MR) is 63.8 cm³/mol. The summed E-state index contributed by atoms with van der Waals surface area (Å²) in [4.78, 5) is 14.1. The van der Waals surface area contributed by atoms with Crippen LogP contribution in [-0.2, 0) is 6.54 Å². The first kappa shape index (κ1) is 11.8. The van der Waals surface area contributed by atoms with E-state index in [-0.39, 0.29) is 6.03 Å². The van der Waals surface area contributed by atoms with Crippen molar-refractivity contribution < 1.29 is 4.79 Å². The molecule has 2 heterocycles. The lowest BCUT2D eigenvalue weighted by molar-refractivity contribution is 0.203. The van der Waals surface area contributed by atoms with E-state index >= 15 is 0 Å². The molecule has 0 fully saturated rings. The molecule has 17 heavy (non-hydrogen) atoms. The molecule has 1 N–H and O–H groups in total. The van der Waals surface area contributed by atoms with Crippen LogP contribution >= 0.6 is 11.3 Å². The Labute approximate surface area is 102 Å². The van der Waals surface area contributed by atoms with Crippen molar-refractivity contribution >= 4 is 22.3 Å². The summed E-state index contributed by atoms with van der Waals surface area (Å²) >= 11 is 1.42. The molecule has 2 aromatic rings. The van der Waals surface area contributed by atoms with Crippen LogP contribution in [0.3, 0.4) is 0 Å². The van der Waals surface area contributed by atoms with E-state index in [1.54, 1.807) is 15.7 Å². The van der Waals surface area contributed by atoms with Crippen LogP contribution in [-0.4, -0.2) is 43.8 Å². The van der Waals surface area contributed by atoms with E-state index in [9.17, 15) is 4.79 Å². The Morgan fingerprint density at radius 3 is 2.94 bits per heavy atom. The first-order valence-corrected chi connectivity index (χ1v) is 6.24. The van der Waals surface area contributed by atoms with E-state index in [1.807, 2.05) is 13.8 Å². The minimum Gasteiger partial charge on any atom is -0.331 e. The number of carbonyl (C=O) groups is 1. The molecule has 0 bridgehead atoms. The molecule has 0 aliphatic carbocycles. The largest absolute Gasteiger partial charge is 0.331 e. The summed E-state index contributed by atoms with van der Waals surface area (Å²) in [6.07, 6.45) is 1.54. The third kappa shape index (κ3) is 2.52.